The smallest absolute Gasteiger partial charge is 0.407 e. The molecule has 2 unspecified atom stereocenters. The van der Waals surface area contributed by atoms with Gasteiger partial charge in [0.05, 0.1) is 0 Å². The van der Waals surface area contributed by atoms with E-state index in [1.165, 1.54) is 0 Å². The summed E-state index contributed by atoms with van der Waals surface area (Å²) in [5.74, 6) is -2.16. The predicted octanol–water partition coefficient (Wildman–Crippen LogP) is 3.07. The molecule has 2 atom stereocenters. The van der Waals surface area contributed by atoms with Gasteiger partial charge in [-0.1, -0.05) is 68.8 Å². The van der Waals surface area contributed by atoms with Crippen molar-refractivity contribution in [3.8, 4) is 11.1 Å². The van der Waals surface area contributed by atoms with Crippen molar-refractivity contribution in [1.29, 1.82) is 0 Å². The molecule has 0 saturated heterocycles. The summed E-state index contributed by atoms with van der Waals surface area (Å²) in [4.78, 5) is 40.0. The molecule has 0 spiro atoms. The highest BCUT2D eigenvalue weighted by molar-refractivity contribution is 5.85. The summed E-state index contributed by atoms with van der Waals surface area (Å²) in [6, 6.07) is 15.1. The predicted molar refractivity (Wildman–Crippen MR) is 113 cm³/mol. The Morgan fingerprint density at radius 3 is 2.16 bits per heavy atom. The Morgan fingerprint density at radius 2 is 1.61 bits per heavy atom. The van der Waals surface area contributed by atoms with E-state index in [0.717, 1.165) is 22.3 Å². The molecule has 0 saturated carbocycles. The van der Waals surface area contributed by atoms with Gasteiger partial charge in [0.25, 0.3) is 5.91 Å². The molecule has 0 aliphatic heterocycles. The number of carbonyl (C=O) groups excluding carboxylic acids is 2. The van der Waals surface area contributed by atoms with Gasteiger partial charge in [0.1, 0.15) is 12.6 Å². The van der Waals surface area contributed by atoms with Crippen LogP contribution >= 0.6 is 0 Å². The monoisotopic (exact) mass is 426 g/mol. The van der Waals surface area contributed by atoms with Gasteiger partial charge in [0, 0.05) is 5.92 Å². The van der Waals surface area contributed by atoms with Crippen molar-refractivity contribution in [1.82, 2.24) is 10.8 Å². The van der Waals surface area contributed by atoms with Crippen LogP contribution in [0.25, 0.3) is 11.1 Å². The van der Waals surface area contributed by atoms with Gasteiger partial charge in [-0.2, -0.15) is 0 Å². The van der Waals surface area contributed by atoms with Crippen molar-refractivity contribution in [2.75, 3.05) is 13.2 Å². The zero-order chi connectivity index (χ0) is 22.4. The number of benzene rings is 2. The number of carboxylic acid groups (broad SMARTS) is 1. The third-order valence-electron chi connectivity index (χ3n) is 5.48. The number of carbonyl (C=O) groups is 3. The first-order chi connectivity index (χ1) is 14.9. The van der Waals surface area contributed by atoms with E-state index in [1.807, 2.05) is 43.3 Å². The molecule has 0 fully saturated rings. The van der Waals surface area contributed by atoms with E-state index in [-0.39, 0.29) is 18.4 Å². The molecule has 0 heterocycles. The van der Waals surface area contributed by atoms with Gasteiger partial charge in [0.2, 0.25) is 0 Å². The van der Waals surface area contributed by atoms with Crippen molar-refractivity contribution < 1.29 is 29.1 Å². The molecular weight excluding hydrogens is 400 g/mol. The van der Waals surface area contributed by atoms with Gasteiger partial charge >= 0.3 is 12.1 Å². The molecule has 2 aromatic carbocycles. The molecule has 1 aliphatic carbocycles. The second kappa shape index (κ2) is 10.1. The first-order valence-corrected chi connectivity index (χ1v) is 10.2. The summed E-state index contributed by atoms with van der Waals surface area (Å²) >= 11 is 0. The summed E-state index contributed by atoms with van der Waals surface area (Å²) in [6.45, 7) is 3.13. The summed E-state index contributed by atoms with van der Waals surface area (Å²) in [6.07, 6.45) is -0.110. The second-order valence-electron chi connectivity index (χ2n) is 7.48. The van der Waals surface area contributed by atoms with Crippen molar-refractivity contribution in [2.24, 2.45) is 5.92 Å². The number of amides is 2. The van der Waals surface area contributed by atoms with Crippen LogP contribution < -0.4 is 10.8 Å². The molecule has 0 aromatic heterocycles. The zero-order valence-electron chi connectivity index (χ0n) is 17.5. The SMILES string of the molecule is CCC(C)C(NC(=O)OCC1c2ccccc2-c2ccccc21)C(=O)NOCC(=O)O. The maximum Gasteiger partial charge on any atom is 0.407 e. The quantitative estimate of drug-likeness (QED) is 0.531. The van der Waals surface area contributed by atoms with Gasteiger partial charge in [-0.3, -0.25) is 9.63 Å². The van der Waals surface area contributed by atoms with E-state index in [0.29, 0.717) is 6.42 Å². The summed E-state index contributed by atoms with van der Waals surface area (Å²) in [5, 5.41) is 11.2. The number of fused-ring (bicyclic) bond motifs is 3. The van der Waals surface area contributed by atoms with E-state index in [9.17, 15) is 14.4 Å². The molecule has 0 radical (unpaired) electrons. The molecule has 31 heavy (non-hydrogen) atoms. The Balaban J connectivity index is 1.64. The highest BCUT2D eigenvalue weighted by atomic mass is 16.7. The van der Waals surface area contributed by atoms with Crippen LogP contribution in [0.4, 0.5) is 4.79 Å². The maximum absolute atomic E-state index is 12.5. The number of aliphatic carboxylic acids is 1. The lowest BCUT2D eigenvalue weighted by atomic mass is 9.98. The first kappa shape index (κ1) is 22.3. The standard InChI is InChI=1S/C23H26N2O6/c1-3-14(2)21(22(28)25-31-13-20(26)27)24-23(29)30-12-19-17-10-6-4-8-15(17)16-9-5-7-11-18(16)19/h4-11,14,19,21H,3,12-13H2,1-2H3,(H,24,29)(H,25,28)(H,26,27). The van der Waals surface area contributed by atoms with Crippen LogP contribution in [0, 0.1) is 5.92 Å². The number of hydroxylamine groups is 1. The van der Waals surface area contributed by atoms with Crippen LogP contribution in [-0.2, 0) is 19.2 Å². The minimum Gasteiger partial charge on any atom is -0.479 e. The number of hydrogen-bond acceptors (Lipinski definition) is 5. The molecule has 3 rings (SSSR count). The van der Waals surface area contributed by atoms with E-state index >= 15 is 0 Å². The lowest BCUT2D eigenvalue weighted by Crippen LogP contribution is -2.50. The highest BCUT2D eigenvalue weighted by Gasteiger charge is 2.31. The summed E-state index contributed by atoms with van der Waals surface area (Å²) in [7, 11) is 0. The van der Waals surface area contributed by atoms with Crippen LogP contribution in [0.2, 0.25) is 0 Å². The average molecular weight is 426 g/mol. The normalized spacial score (nSPS) is 14.1. The number of hydrogen-bond donors (Lipinski definition) is 3. The third kappa shape index (κ3) is 5.21. The van der Waals surface area contributed by atoms with Crippen molar-refractivity contribution in [3.63, 3.8) is 0 Å². The van der Waals surface area contributed by atoms with Crippen LogP contribution in [0.1, 0.15) is 37.3 Å². The topological polar surface area (TPSA) is 114 Å². The Morgan fingerprint density at radius 1 is 1.03 bits per heavy atom. The molecule has 1 aliphatic rings. The van der Waals surface area contributed by atoms with Crippen molar-refractivity contribution in [2.45, 2.75) is 32.2 Å². The summed E-state index contributed by atoms with van der Waals surface area (Å²) < 4.78 is 5.49. The minimum absolute atomic E-state index is 0.0899. The fourth-order valence-corrected chi connectivity index (χ4v) is 3.70. The fourth-order valence-electron chi connectivity index (χ4n) is 3.70. The van der Waals surface area contributed by atoms with Crippen LogP contribution in [-0.4, -0.2) is 42.3 Å². The van der Waals surface area contributed by atoms with Crippen molar-refractivity contribution >= 4 is 18.0 Å². The Labute approximate surface area is 180 Å². The van der Waals surface area contributed by atoms with Gasteiger partial charge in [-0.05, 0) is 28.2 Å². The number of nitrogens with one attached hydrogen (secondary N) is 2. The molecule has 2 amide bonds. The van der Waals surface area contributed by atoms with Gasteiger partial charge < -0.3 is 15.2 Å². The number of carboxylic acids is 1. The van der Waals surface area contributed by atoms with Gasteiger partial charge in [-0.25, -0.2) is 15.1 Å². The lowest BCUT2D eigenvalue weighted by molar-refractivity contribution is -0.150. The summed E-state index contributed by atoms with van der Waals surface area (Å²) in [5.41, 5.74) is 6.50. The number of rotatable bonds is 9. The number of ether oxygens (including phenoxy) is 1. The van der Waals surface area contributed by atoms with E-state index in [2.05, 4.69) is 27.8 Å². The fraction of sp³-hybridized carbons (Fsp3) is 0.348. The maximum atomic E-state index is 12.5. The minimum atomic E-state index is -1.22. The highest BCUT2D eigenvalue weighted by Crippen LogP contribution is 2.44. The van der Waals surface area contributed by atoms with E-state index < -0.39 is 30.6 Å². The second-order valence-corrected chi connectivity index (χ2v) is 7.48. The average Bonchev–Trinajstić information content (AvgIpc) is 3.09. The zero-order valence-corrected chi connectivity index (χ0v) is 17.5. The first-order valence-electron chi connectivity index (χ1n) is 10.2. The third-order valence-corrected chi connectivity index (χ3v) is 5.48. The lowest BCUT2D eigenvalue weighted by Gasteiger charge is -2.23. The molecule has 8 nitrogen and oxygen atoms in total. The molecule has 3 N–H and O–H groups in total. The number of alkyl carbamates (subject to hydrolysis) is 1. The van der Waals surface area contributed by atoms with Crippen LogP contribution in [0.5, 0.6) is 0 Å². The largest absolute Gasteiger partial charge is 0.479 e. The van der Waals surface area contributed by atoms with E-state index in [1.54, 1.807) is 6.92 Å². The molecule has 164 valence electrons. The van der Waals surface area contributed by atoms with Gasteiger partial charge in [0.15, 0.2) is 6.61 Å². The molecular formula is C23H26N2O6. The van der Waals surface area contributed by atoms with Crippen molar-refractivity contribution in [3.05, 3.63) is 59.7 Å². The molecule has 8 heteroatoms. The van der Waals surface area contributed by atoms with Crippen LogP contribution in [0.15, 0.2) is 48.5 Å². The Hall–Kier alpha value is -3.39. The molecule has 0 bridgehead atoms. The van der Waals surface area contributed by atoms with Gasteiger partial charge in [-0.15, -0.1) is 0 Å². The molecule has 2 aromatic rings. The van der Waals surface area contributed by atoms with Crippen LogP contribution in [0.3, 0.4) is 0 Å². The Bertz CT molecular complexity index is 915. The Kier molecular flexibility index (Phi) is 7.25. The van der Waals surface area contributed by atoms with E-state index in [4.69, 9.17) is 9.84 Å².